The highest BCUT2D eigenvalue weighted by Crippen LogP contribution is 2.26. The predicted octanol–water partition coefficient (Wildman–Crippen LogP) is 3.38. The molecule has 102 valence electrons. The third-order valence-electron chi connectivity index (χ3n) is 2.92. The first kappa shape index (κ1) is 13.7. The van der Waals surface area contributed by atoms with E-state index in [0.29, 0.717) is 12.1 Å². The molecule has 0 saturated carbocycles. The van der Waals surface area contributed by atoms with Crippen LogP contribution < -0.4 is 16.0 Å². The number of hydrogen-bond donors (Lipinski definition) is 3. The van der Waals surface area contributed by atoms with Crippen molar-refractivity contribution in [1.82, 2.24) is 0 Å². The first-order valence-corrected chi connectivity index (χ1v) is 6.28. The Morgan fingerprint density at radius 1 is 1.10 bits per heavy atom. The molecule has 0 aliphatic rings. The van der Waals surface area contributed by atoms with Crippen LogP contribution in [-0.2, 0) is 4.79 Å². The Morgan fingerprint density at radius 3 is 2.50 bits per heavy atom. The molecule has 20 heavy (non-hydrogen) atoms. The Hall–Kier alpha value is -2.75. The van der Waals surface area contributed by atoms with Crippen molar-refractivity contribution in [2.75, 3.05) is 23.0 Å². The zero-order valence-electron chi connectivity index (χ0n) is 11.3. The molecule has 0 saturated heterocycles. The highest BCUT2D eigenvalue weighted by molar-refractivity contribution is 5.85. The topological polar surface area (TPSA) is 53.2 Å². The molecule has 0 aliphatic carbocycles. The number of carbonyl (C=O) groups is 1. The van der Waals surface area contributed by atoms with E-state index in [1.165, 1.54) is 0 Å². The number of benzene rings is 2. The zero-order valence-corrected chi connectivity index (χ0v) is 11.3. The standard InChI is InChI=1S/C16H17N3O/c1-12(13-6-4-3-5-7-13)19-14-8-9-15(17-2)16(10-14)18-11-20/h3-11,17,19H,1H2,2H3,(H,18,20). The molecule has 0 unspecified atom stereocenters. The minimum Gasteiger partial charge on any atom is -0.386 e. The van der Waals surface area contributed by atoms with Gasteiger partial charge in [-0.15, -0.1) is 0 Å². The van der Waals surface area contributed by atoms with Crippen LogP contribution in [0.4, 0.5) is 17.1 Å². The molecule has 4 heteroatoms. The van der Waals surface area contributed by atoms with Gasteiger partial charge in [0.15, 0.2) is 0 Å². The van der Waals surface area contributed by atoms with Gasteiger partial charge in [0.25, 0.3) is 0 Å². The number of anilines is 3. The monoisotopic (exact) mass is 267 g/mol. The van der Waals surface area contributed by atoms with Gasteiger partial charge in [0, 0.05) is 18.4 Å². The summed E-state index contributed by atoms with van der Waals surface area (Å²) in [4.78, 5) is 10.6. The van der Waals surface area contributed by atoms with Crippen LogP contribution in [0.1, 0.15) is 5.56 Å². The second-order valence-electron chi connectivity index (χ2n) is 4.24. The minimum absolute atomic E-state index is 0.659. The van der Waals surface area contributed by atoms with E-state index >= 15 is 0 Å². The van der Waals surface area contributed by atoms with Gasteiger partial charge in [-0.05, 0) is 23.8 Å². The Morgan fingerprint density at radius 2 is 1.85 bits per heavy atom. The van der Waals surface area contributed by atoms with E-state index in [-0.39, 0.29) is 0 Å². The number of rotatable bonds is 6. The van der Waals surface area contributed by atoms with Crippen molar-refractivity contribution < 1.29 is 4.79 Å². The van der Waals surface area contributed by atoms with Crippen LogP contribution in [0, 0.1) is 0 Å². The van der Waals surface area contributed by atoms with Crippen molar-refractivity contribution in [1.29, 1.82) is 0 Å². The van der Waals surface area contributed by atoms with Crippen LogP contribution in [0.2, 0.25) is 0 Å². The normalized spacial score (nSPS) is 9.65. The summed E-state index contributed by atoms with van der Waals surface area (Å²) >= 11 is 0. The van der Waals surface area contributed by atoms with Crippen LogP contribution in [0.5, 0.6) is 0 Å². The summed E-state index contributed by atoms with van der Waals surface area (Å²) < 4.78 is 0. The van der Waals surface area contributed by atoms with Gasteiger partial charge in [0.05, 0.1) is 11.4 Å². The Labute approximate surface area is 118 Å². The van der Waals surface area contributed by atoms with Gasteiger partial charge in [-0.1, -0.05) is 36.9 Å². The second-order valence-corrected chi connectivity index (χ2v) is 4.24. The molecule has 2 aromatic rings. The molecule has 0 aliphatic heterocycles. The first-order valence-electron chi connectivity index (χ1n) is 6.28. The van der Waals surface area contributed by atoms with Gasteiger partial charge < -0.3 is 16.0 Å². The molecule has 0 atom stereocenters. The quantitative estimate of drug-likeness (QED) is 0.703. The smallest absolute Gasteiger partial charge is 0.211 e. The molecule has 0 aromatic heterocycles. The van der Waals surface area contributed by atoms with Crippen molar-refractivity contribution in [2.24, 2.45) is 0 Å². The molecule has 0 heterocycles. The second kappa shape index (κ2) is 6.43. The van der Waals surface area contributed by atoms with Crippen LogP contribution >= 0.6 is 0 Å². The molecule has 2 aromatic carbocycles. The first-order chi connectivity index (χ1) is 9.74. The molecule has 4 nitrogen and oxygen atoms in total. The molecule has 3 N–H and O–H groups in total. The highest BCUT2D eigenvalue weighted by Gasteiger charge is 2.04. The SMILES string of the molecule is C=C(Nc1ccc(NC)c(NC=O)c1)c1ccccc1. The molecule has 0 fully saturated rings. The minimum atomic E-state index is 0.659. The summed E-state index contributed by atoms with van der Waals surface area (Å²) in [6, 6.07) is 15.5. The fourth-order valence-electron chi connectivity index (χ4n) is 1.91. The molecule has 1 amide bonds. The lowest BCUT2D eigenvalue weighted by molar-refractivity contribution is -0.105. The maximum absolute atomic E-state index is 10.6. The Kier molecular flexibility index (Phi) is 4.39. The lowest BCUT2D eigenvalue weighted by Gasteiger charge is -2.13. The van der Waals surface area contributed by atoms with Gasteiger partial charge >= 0.3 is 0 Å². The van der Waals surface area contributed by atoms with Gasteiger partial charge in [-0.3, -0.25) is 4.79 Å². The van der Waals surface area contributed by atoms with Crippen LogP contribution in [0.25, 0.3) is 5.70 Å². The van der Waals surface area contributed by atoms with Gasteiger partial charge in [0.2, 0.25) is 6.41 Å². The molecule has 0 radical (unpaired) electrons. The van der Waals surface area contributed by atoms with Gasteiger partial charge in [-0.2, -0.15) is 0 Å². The average molecular weight is 267 g/mol. The Bertz CT molecular complexity index is 608. The van der Waals surface area contributed by atoms with Crippen LogP contribution in [0.15, 0.2) is 55.1 Å². The van der Waals surface area contributed by atoms with Gasteiger partial charge in [-0.25, -0.2) is 0 Å². The summed E-state index contributed by atoms with van der Waals surface area (Å²) in [6.45, 7) is 4.02. The maximum atomic E-state index is 10.6. The van der Waals surface area contributed by atoms with Crippen molar-refractivity contribution in [3.63, 3.8) is 0 Å². The molecule has 2 rings (SSSR count). The number of hydrogen-bond acceptors (Lipinski definition) is 3. The van der Waals surface area contributed by atoms with Crippen molar-refractivity contribution in [3.05, 3.63) is 60.7 Å². The van der Waals surface area contributed by atoms with E-state index in [9.17, 15) is 4.79 Å². The maximum Gasteiger partial charge on any atom is 0.211 e. The van der Waals surface area contributed by atoms with E-state index in [1.807, 2.05) is 48.5 Å². The summed E-state index contributed by atoms with van der Waals surface area (Å²) in [5.41, 5.74) is 4.26. The molecule has 0 bridgehead atoms. The summed E-state index contributed by atoms with van der Waals surface area (Å²) in [5, 5.41) is 8.92. The van der Waals surface area contributed by atoms with E-state index in [2.05, 4.69) is 22.5 Å². The molecule has 0 spiro atoms. The van der Waals surface area contributed by atoms with Crippen molar-refractivity contribution >= 4 is 29.2 Å². The molecular weight excluding hydrogens is 250 g/mol. The average Bonchev–Trinajstić information content (AvgIpc) is 2.49. The summed E-state index contributed by atoms with van der Waals surface area (Å²) in [7, 11) is 1.81. The van der Waals surface area contributed by atoms with E-state index in [0.717, 1.165) is 22.6 Å². The third kappa shape index (κ3) is 3.17. The third-order valence-corrected chi connectivity index (χ3v) is 2.92. The number of nitrogens with one attached hydrogen (secondary N) is 3. The lowest BCUT2D eigenvalue weighted by atomic mass is 10.1. The summed E-state index contributed by atoms with van der Waals surface area (Å²) in [5.74, 6) is 0. The van der Waals surface area contributed by atoms with Crippen molar-refractivity contribution in [3.8, 4) is 0 Å². The van der Waals surface area contributed by atoms with E-state index in [1.54, 1.807) is 7.05 Å². The van der Waals surface area contributed by atoms with Crippen molar-refractivity contribution in [2.45, 2.75) is 0 Å². The fraction of sp³-hybridized carbons (Fsp3) is 0.0625. The number of amides is 1. The van der Waals surface area contributed by atoms with Crippen LogP contribution in [0.3, 0.4) is 0 Å². The van der Waals surface area contributed by atoms with Gasteiger partial charge in [0.1, 0.15) is 0 Å². The Balaban J connectivity index is 2.19. The zero-order chi connectivity index (χ0) is 14.4. The summed E-state index contributed by atoms with van der Waals surface area (Å²) in [6.07, 6.45) is 0.659. The van der Waals surface area contributed by atoms with Crippen LogP contribution in [-0.4, -0.2) is 13.5 Å². The fourth-order valence-corrected chi connectivity index (χ4v) is 1.91. The predicted molar refractivity (Wildman–Crippen MR) is 84.8 cm³/mol. The highest BCUT2D eigenvalue weighted by atomic mass is 16.1. The van der Waals surface area contributed by atoms with E-state index < -0.39 is 0 Å². The van der Waals surface area contributed by atoms with E-state index in [4.69, 9.17) is 0 Å². The lowest BCUT2D eigenvalue weighted by Crippen LogP contribution is -2.02. The molecular formula is C16H17N3O. The largest absolute Gasteiger partial charge is 0.386 e. The number of carbonyl (C=O) groups excluding carboxylic acids is 1.